The molecule has 0 unspecified atom stereocenters. The molecule has 0 fully saturated rings. The molecule has 0 saturated heterocycles. The molecule has 3 aromatic carbocycles. The average Bonchev–Trinajstić information content (AvgIpc) is 2.93. The quantitative estimate of drug-likeness (QED) is 0.480. The molecule has 1 N–H and O–H groups in total. The molecule has 3 aromatic rings. The number of benzene rings is 3. The zero-order valence-corrected chi connectivity index (χ0v) is 20.8. The molecule has 0 bridgehead atoms. The number of rotatable bonds is 7. The van der Waals surface area contributed by atoms with Gasteiger partial charge >= 0.3 is 0 Å². The van der Waals surface area contributed by atoms with Crippen LogP contribution in [0, 0.1) is 0 Å². The van der Waals surface area contributed by atoms with Crippen LogP contribution in [-0.2, 0) is 4.79 Å². The Morgan fingerprint density at radius 1 is 1.06 bits per heavy atom. The second kappa shape index (κ2) is 10.7. The maximum atomic E-state index is 13.4. The Morgan fingerprint density at radius 2 is 1.82 bits per heavy atom. The van der Waals surface area contributed by atoms with Gasteiger partial charge in [-0.05, 0) is 62.1 Å². The SMILES string of the molecule is COc1ccc([C@H]2Sc3cc(Oc4ccccc4)ccc3N(CCN(C)C)C(=O)[C@H]2O)cc1Cl. The van der Waals surface area contributed by atoms with Gasteiger partial charge in [-0.1, -0.05) is 35.9 Å². The summed E-state index contributed by atoms with van der Waals surface area (Å²) >= 11 is 7.79. The van der Waals surface area contributed by atoms with Crippen molar-refractivity contribution in [3.63, 3.8) is 0 Å². The summed E-state index contributed by atoms with van der Waals surface area (Å²) in [5, 5.41) is 11.0. The van der Waals surface area contributed by atoms with Crippen LogP contribution >= 0.6 is 23.4 Å². The molecule has 34 heavy (non-hydrogen) atoms. The molecule has 0 saturated carbocycles. The molecule has 0 radical (unpaired) electrons. The maximum Gasteiger partial charge on any atom is 0.257 e. The number of amides is 1. The minimum atomic E-state index is -1.25. The Morgan fingerprint density at radius 3 is 2.50 bits per heavy atom. The number of fused-ring (bicyclic) bond motifs is 1. The Hall–Kier alpha value is -2.71. The fraction of sp³-hybridized carbons (Fsp3) is 0.269. The summed E-state index contributed by atoms with van der Waals surface area (Å²) in [5.41, 5.74) is 1.49. The van der Waals surface area contributed by atoms with Crippen molar-refractivity contribution in [3.8, 4) is 17.2 Å². The smallest absolute Gasteiger partial charge is 0.257 e. The van der Waals surface area contributed by atoms with Gasteiger partial charge < -0.3 is 24.4 Å². The maximum absolute atomic E-state index is 13.4. The zero-order valence-electron chi connectivity index (χ0n) is 19.3. The summed E-state index contributed by atoms with van der Waals surface area (Å²) in [7, 11) is 5.45. The van der Waals surface area contributed by atoms with E-state index in [4.69, 9.17) is 21.1 Å². The Balaban J connectivity index is 1.74. The summed E-state index contributed by atoms with van der Waals surface area (Å²) < 4.78 is 11.3. The zero-order chi connectivity index (χ0) is 24.2. The van der Waals surface area contributed by atoms with E-state index in [1.807, 2.05) is 73.6 Å². The van der Waals surface area contributed by atoms with E-state index in [9.17, 15) is 9.90 Å². The normalized spacial score (nSPS) is 17.9. The van der Waals surface area contributed by atoms with Crippen molar-refractivity contribution in [2.75, 3.05) is 39.2 Å². The van der Waals surface area contributed by atoms with Crippen molar-refractivity contribution in [2.24, 2.45) is 0 Å². The third kappa shape index (κ3) is 5.33. The number of para-hydroxylation sites is 1. The number of anilines is 1. The Labute approximate surface area is 209 Å². The first-order valence-corrected chi connectivity index (χ1v) is 12.1. The highest BCUT2D eigenvalue weighted by Gasteiger charge is 2.37. The number of thioether (sulfide) groups is 1. The monoisotopic (exact) mass is 498 g/mol. The summed E-state index contributed by atoms with van der Waals surface area (Å²) in [6.45, 7) is 1.11. The minimum Gasteiger partial charge on any atom is -0.495 e. The van der Waals surface area contributed by atoms with Crippen LogP contribution in [0.3, 0.4) is 0 Å². The van der Waals surface area contributed by atoms with Crippen LogP contribution in [0.5, 0.6) is 17.2 Å². The van der Waals surface area contributed by atoms with Crippen molar-refractivity contribution in [1.29, 1.82) is 0 Å². The van der Waals surface area contributed by atoms with Crippen molar-refractivity contribution in [2.45, 2.75) is 16.2 Å². The van der Waals surface area contributed by atoms with Crippen LogP contribution in [0.4, 0.5) is 5.69 Å². The van der Waals surface area contributed by atoms with Gasteiger partial charge in [0.2, 0.25) is 0 Å². The average molecular weight is 499 g/mol. The van der Waals surface area contributed by atoms with Crippen LogP contribution in [0.2, 0.25) is 5.02 Å². The van der Waals surface area contributed by atoms with Crippen molar-refractivity contribution >= 4 is 35.0 Å². The molecule has 1 amide bonds. The lowest BCUT2D eigenvalue weighted by molar-refractivity contribution is -0.126. The highest BCUT2D eigenvalue weighted by molar-refractivity contribution is 7.99. The first-order chi connectivity index (χ1) is 16.4. The second-order valence-electron chi connectivity index (χ2n) is 8.22. The van der Waals surface area contributed by atoms with E-state index in [0.29, 0.717) is 29.6 Å². The van der Waals surface area contributed by atoms with Crippen LogP contribution in [0.15, 0.2) is 71.6 Å². The Bertz CT molecular complexity index is 1160. The molecule has 4 rings (SSSR count). The van der Waals surface area contributed by atoms with Gasteiger partial charge in [0.15, 0.2) is 0 Å². The third-order valence-electron chi connectivity index (χ3n) is 5.54. The number of ether oxygens (including phenoxy) is 2. The van der Waals surface area contributed by atoms with Crippen molar-refractivity contribution in [3.05, 3.63) is 77.3 Å². The highest BCUT2D eigenvalue weighted by atomic mass is 35.5. The molecule has 0 aliphatic carbocycles. The standard InChI is InChI=1S/C26H27ClN2O4S/c1-28(2)13-14-29-21-11-10-19(33-18-7-5-4-6-8-18)16-23(21)34-25(24(30)26(29)31)17-9-12-22(32-3)20(27)15-17/h4-12,15-16,24-25,30H,13-14H2,1-3H3/t24-,25+/m0/s1. The van der Waals surface area contributed by atoms with Gasteiger partial charge in [-0.2, -0.15) is 0 Å². The van der Waals surface area contributed by atoms with Crippen molar-refractivity contribution < 1.29 is 19.4 Å². The Kier molecular flexibility index (Phi) is 7.68. The largest absolute Gasteiger partial charge is 0.495 e. The molecule has 1 aliphatic rings. The molecule has 1 aliphatic heterocycles. The molecule has 178 valence electrons. The lowest BCUT2D eigenvalue weighted by Gasteiger charge is -2.26. The number of hydrogen-bond donors (Lipinski definition) is 1. The number of carbonyl (C=O) groups is 1. The summed E-state index contributed by atoms with van der Waals surface area (Å²) in [4.78, 5) is 17.9. The predicted octanol–water partition coefficient (Wildman–Crippen LogP) is 5.24. The minimum absolute atomic E-state index is 0.346. The van der Waals surface area contributed by atoms with Crippen molar-refractivity contribution in [1.82, 2.24) is 4.90 Å². The third-order valence-corrected chi connectivity index (χ3v) is 7.20. The topological polar surface area (TPSA) is 62.2 Å². The second-order valence-corrected chi connectivity index (χ2v) is 9.81. The van der Waals surface area contributed by atoms with Crippen LogP contribution in [-0.4, -0.2) is 56.3 Å². The van der Waals surface area contributed by atoms with Crippen LogP contribution in [0.25, 0.3) is 0 Å². The molecule has 6 nitrogen and oxygen atoms in total. The number of hydrogen-bond acceptors (Lipinski definition) is 6. The molecule has 0 aromatic heterocycles. The molecular formula is C26H27ClN2O4S. The van der Waals surface area contributed by atoms with Crippen LogP contribution < -0.4 is 14.4 Å². The molecule has 2 atom stereocenters. The number of nitrogens with zero attached hydrogens (tertiary/aromatic N) is 2. The summed E-state index contributed by atoms with van der Waals surface area (Å²) in [6.07, 6.45) is -1.25. The molecular weight excluding hydrogens is 472 g/mol. The summed E-state index contributed by atoms with van der Waals surface area (Å²) in [5.74, 6) is 1.57. The van der Waals surface area contributed by atoms with E-state index in [2.05, 4.69) is 0 Å². The molecule has 0 spiro atoms. The van der Waals surface area contributed by atoms with E-state index in [1.54, 1.807) is 24.1 Å². The highest BCUT2D eigenvalue weighted by Crippen LogP contribution is 2.48. The number of halogens is 1. The fourth-order valence-electron chi connectivity index (χ4n) is 3.75. The lowest BCUT2D eigenvalue weighted by atomic mass is 10.1. The van der Waals surface area contributed by atoms with Gasteiger partial charge in [0.1, 0.15) is 23.4 Å². The van der Waals surface area contributed by atoms with Gasteiger partial charge in [-0.3, -0.25) is 4.79 Å². The first kappa shape index (κ1) is 24.4. The number of carbonyl (C=O) groups excluding carboxylic acids is 1. The fourth-order valence-corrected chi connectivity index (χ4v) is 5.30. The number of likely N-dealkylation sites (N-methyl/N-ethyl adjacent to an activating group) is 1. The van der Waals surface area contributed by atoms with E-state index in [-0.39, 0.29) is 5.91 Å². The van der Waals surface area contributed by atoms with Gasteiger partial charge in [0.25, 0.3) is 5.91 Å². The number of methoxy groups -OCH3 is 1. The molecule has 1 heterocycles. The van der Waals surface area contributed by atoms with Gasteiger partial charge in [-0.15, -0.1) is 11.8 Å². The van der Waals surface area contributed by atoms with Crippen LogP contribution in [0.1, 0.15) is 10.8 Å². The van der Waals surface area contributed by atoms with E-state index < -0.39 is 11.4 Å². The van der Waals surface area contributed by atoms with E-state index in [1.165, 1.54) is 11.8 Å². The van der Waals surface area contributed by atoms with E-state index >= 15 is 0 Å². The van der Waals surface area contributed by atoms with E-state index in [0.717, 1.165) is 21.9 Å². The van der Waals surface area contributed by atoms with Gasteiger partial charge in [0, 0.05) is 18.0 Å². The van der Waals surface area contributed by atoms with Gasteiger partial charge in [-0.25, -0.2) is 0 Å². The number of aliphatic hydroxyl groups is 1. The number of aliphatic hydroxyl groups excluding tert-OH is 1. The summed E-state index contributed by atoms with van der Waals surface area (Å²) in [6, 6.07) is 20.5. The molecule has 8 heteroatoms. The first-order valence-electron chi connectivity index (χ1n) is 10.9. The predicted molar refractivity (Wildman–Crippen MR) is 136 cm³/mol. The van der Waals surface area contributed by atoms with Gasteiger partial charge in [0.05, 0.1) is 23.1 Å². The lowest BCUT2D eigenvalue weighted by Crippen LogP contribution is -2.43.